The Bertz CT molecular complexity index is 2210. The topological polar surface area (TPSA) is 141 Å². The largest absolute Gasteiger partial charge is 0.496 e. The maximum Gasteiger partial charge on any atom is 0.186 e. The number of hydrazone groups is 2. The third-order valence-electron chi connectivity index (χ3n) is 8.99. The monoisotopic (exact) mass is 776 g/mol. The van der Waals surface area contributed by atoms with Gasteiger partial charge >= 0.3 is 0 Å². The molecule has 0 radical (unpaired) electrons. The van der Waals surface area contributed by atoms with Crippen LogP contribution in [0.4, 0.5) is 0 Å². The van der Waals surface area contributed by atoms with Gasteiger partial charge in [-0.2, -0.15) is 10.2 Å². The number of nitrogens with zero attached hydrogens (tertiary/aromatic N) is 2. The van der Waals surface area contributed by atoms with Crippen LogP contribution in [0, 0.1) is 0 Å². The minimum atomic E-state index is 0.416. The van der Waals surface area contributed by atoms with Gasteiger partial charge in [0.05, 0.1) is 73.8 Å². The molecule has 0 unspecified atom stereocenters. The van der Waals surface area contributed by atoms with Gasteiger partial charge in [-0.3, -0.25) is 10.9 Å². The van der Waals surface area contributed by atoms with Crippen molar-refractivity contribution in [3.63, 3.8) is 0 Å². The molecule has 6 N–H and O–H groups in total. The quantitative estimate of drug-likeness (QED) is 0.0381. The van der Waals surface area contributed by atoms with E-state index in [0.717, 1.165) is 66.6 Å². The molecule has 0 spiro atoms. The maximum atomic E-state index is 6.04. The van der Waals surface area contributed by atoms with Crippen molar-refractivity contribution in [2.75, 3.05) is 41.5 Å². The van der Waals surface area contributed by atoms with Crippen molar-refractivity contribution in [3.05, 3.63) is 95.3 Å². The summed E-state index contributed by atoms with van der Waals surface area (Å²) >= 11 is 10.7. The Hall–Kier alpha value is -6.12. The van der Waals surface area contributed by atoms with E-state index < -0.39 is 0 Å². The second kappa shape index (κ2) is 17.8. The molecule has 6 rings (SSSR count). The van der Waals surface area contributed by atoms with Gasteiger partial charge in [-0.25, -0.2) is 0 Å². The van der Waals surface area contributed by atoms with Crippen LogP contribution in [-0.2, 0) is 6.42 Å². The molecule has 0 bridgehead atoms. The minimum absolute atomic E-state index is 0.416. The zero-order valence-corrected chi connectivity index (χ0v) is 33.2. The molecule has 0 aliphatic carbocycles. The number of nitrogens with one attached hydrogen (secondary N) is 6. The Labute approximate surface area is 330 Å². The fourth-order valence-electron chi connectivity index (χ4n) is 6.70. The zero-order chi connectivity index (χ0) is 38.9. The molecule has 0 aliphatic rings. The van der Waals surface area contributed by atoms with Crippen molar-refractivity contribution in [1.82, 2.24) is 31.5 Å². The number of benzene rings is 4. The Morgan fingerprint density at radius 1 is 0.600 bits per heavy atom. The summed E-state index contributed by atoms with van der Waals surface area (Å²) in [7, 11) is 6.57. The van der Waals surface area contributed by atoms with Crippen molar-refractivity contribution < 1.29 is 18.9 Å². The normalized spacial score (nSPS) is 11.3. The van der Waals surface area contributed by atoms with Crippen LogP contribution in [0.5, 0.6) is 23.0 Å². The minimum Gasteiger partial charge on any atom is -0.496 e. The first kappa shape index (κ1) is 38.6. The van der Waals surface area contributed by atoms with Crippen molar-refractivity contribution in [2.24, 2.45) is 10.2 Å². The van der Waals surface area contributed by atoms with E-state index in [1.165, 1.54) is 0 Å². The summed E-state index contributed by atoms with van der Waals surface area (Å²) in [6, 6.07) is 24.3. The third-order valence-corrected chi connectivity index (χ3v) is 9.47. The van der Waals surface area contributed by atoms with Gasteiger partial charge in [-0.15, -0.1) is 0 Å². The summed E-state index contributed by atoms with van der Waals surface area (Å²) in [4.78, 5) is 7.56. The van der Waals surface area contributed by atoms with E-state index >= 15 is 0 Å². The number of ether oxygens (including phenoxy) is 4. The molecule has 0 fully saturated rings. The van der Waals surface area contributed by atoms with Gasteiger partial charge in [0.25, 0.3) is 0 Å². The molecule has 0 atom stereocenters. The summed E-state index contributed by atoms with van der Waals surface area (Å²) in [6.07, 6.45) is 3.86. The average molecular weight is 777 g/mol. The number of H-pyrrole nitrogens is 2. The first-order valence-electron chi connectivity index (χ1n) is 17.7. The van der Waals surface area contributed by atoms with Crippen LogP contribution in [0.3, 0.4) is 0 Å². The van der Waals surface area contributed by atoms with Gasteiger partial charge in [0, 0.05) is 54.2 Å². The SMILES string of the molecule is CCNC(=S)N/N=C/c1c(OC)cc(OC)c2c(-c3ccccc3)c(Cc3[nH]c4c(/C=N/NC(=S)NCC)c(OC)cc(OC)c4c3-c3ccccc3)[nH]c12. The van der Waals surface area contributed by atoms with E-state index in [1.54, 1.807) is 40.9 Å². The molecule has 284 valence electrons. The highest BCUT2D eigenvalue weighted by molar-refractivity contribution is 7.80. The lowest BCUT2D eigenvalue weighted by Crippen LogP contribution is -2.31. The number of rotatable bonds is 14. The lowest BCUT2D eigenvalue weighted by atomic mass is 9.95. The van der Waals surface area contributed by atoms with E-state index in [4.69, 9.17) is 43.4 Å². The number of aromatic nitrogens is 2. The highest BCUT2D eigenvalue weighted by Crippen LogP contribution is 2.46. The molecule has 14 heteroatoms. The first-order valence-corrected chi connectivity index (χ1v) is 18.5. The summed E-state index contributed by atoms with van der Waals surface area (Å²) in [5.41, 5.74) is 14.7. The number of hydrogen-bond acceptors (Lipinski definition) is 8. The molecule has 0 saturated carbocycles. The molecule has 55 heavy (non-hydrogen) atoms. The van der Waals surface area contributed by atoms with Crippen LogP contribution in [-0.4, -0.2) is 74.2 Å². The number of aromatic amines is 2. The predicted molar refractivity (Wildman–Crippen MR) is 230 cm³/mol. The molecular formula is C41H44N8O4S2. The van der Waals surface area contributed by atoms with Crippen LogP contribution in [0.25, 0.3) is 44.1 Å². The fourth-order valence-corrected chi connectivity index (χ4v) is 7.09. The van der Waals surface area contributed by atoms with Crippen LogP contribution < -0.4 is 40.4 Å². The Balaban J connectivity index is 1.63. The molecule has 2 aromatic heterocycles. The van der Waals surface area contributed by atoms with E-state index in [2.05, 4.69) is 65.9 Å². The average Bonchev–Trinajstić information content (AvgIpc) is 3.77. The van der Waals surface area contributed by atoms with Crippen molar-refractivity contribution >= 4 is 68.9 Å². The van der Waals surface area contributed by atoms with Crippen molar-refractivity contribution in [1.29, 1.82) is 0 Å². The highest BCUT2D eigenvalue weighted by Gasteiger charge is 2.26. The van der Waals surface area contributed by atoms with E-state index in [0.29, 0.717) is 52.7 Å². The first-order chi connectivity index (χ1) is 26.9. The second-order valence-electron chi connectivity index (χ2n) is 12.2. The molecule has 4 aromatic carbocycles. The van der Waals surface area contributed by atoms with Gasteiger partial charge in [-0.05, 0) is 49.4 Å². The van der Waals surface area contributed by atoms with Gasteiger partial charge < -0.3 is 39.5 Å². The van der Waals surface area contributed by atoms with Crippen LogP contribution >= 0.6 is 24.4 Å². The molecule has 0 aliphatic heterocycles. The van der Waals surface area contributed by atoms with Gasteiger partial charge in [0.2, 0.25) is 0 Å². The lowest BCUT2D eigenvalue weighted by molar-refractivity contribution is 0.397. The smallest absolute Gasteiger partial charge is 0.186 e. The van der Waals surface area contributed by atoms with Crippen LogP contribution in [0.1, 0.15) is 36.4 Å². The van der Waals surface area contributed by atoms with Crippen molar-refractivity contribution in [3.8, 4) is 45.3 Å². The molecular weight excluding hydrogens is 733 g/mol. The predicted octanol–water partition coefficient (Wildman–Crippen LogP) is 7.24. The van der Waals surface area contributed by atoms with Crippen LogP contribution in [0.2, 0.25) is 0 Å². The third kappa shape index (κ3) is 8.05. The number of fused-ring (bicyclic) bond motifs is 2. The van der Waals surface area contributed by atoms with Crippen molar-refractivity contribution in [2.45, 2.75) is 20.3 Å². The van der Waals surface area contributed by atoms with E-state index in [9.17, 15) is 0 Å². The van der Waals surface area contributed by atoms with E-state index in [-0.39, 0.29) is 0 Å². The molecule has 2 heterocycles. The number of thiocarbonyl (C=S) groups is 2. The van der Waals surface area contributed by atoms with Gasteiger partial charge in [0.1, 0.15) is 23.0 Å². The van der Waals surface area contributed by atoms with E-state index in [1.807, 2.05) is 62.4 Å². The summed E-state index contributed by atoms with van der Waals surface area (Å²) in [6.45, 7) is 5.28. The molecule has 12 nitrogen and oxygen atoms in total. The Morgan fingerprint density at radius 3 is 1.33 bits per heavy atom. The molecule has 0 amide bonds. The Kier molecular flexibility index (Phi) is 12.5. The van der Waals surface area contributed by atoms with Gasteiger partial charge in [-0.1, -0.05) is 60.7 Å². The molecule has 0 saturated heterocycles. The lowest BCUT2D eigenvalue weighted by Gasteiger charge is -2.12. The summed E-state index contributed by atoms with van der Waals surface area (Å²) < 4.78 is 23.9. The van der Waals surface area contributed by atoms with Crippen LogP contribution in [0.15, 0.2) is 83.0 Å². The van der Waals surface area contributed by atoms with Gasteiger partial charge in [0.15, 0.2) is 10.2 Å². The number of hydrogen-bond donors (Lipinski definition) is 6. The fraction of sp³-hybridized carbons (Fsp3) is 0.220. The molecule has 6 aromatic rings. The second-order valence-corrected chi connectivity index (χ2v) is 13.0. The summed E-state index contributed by atoms with van der Waals surface area (Å²) in [5.74, 6) is 2.45. The standard InChI is InChI=1S/C41H44N8O4S2/c1-7-42-40(54)48-44-22-26-30(50-3)20-32(52-5)36-34(24-15-11-9-12-16-24)28(46-38(26)36)19-29-35(25-17-13-10-14-18-25)37-33(53-6)21-31(51-4)27(39(37)47-29)23-45-49-41(55)43-8-2/h9-18,20-23,46-47H,7-8,19H2,1-6H3,(H2,42,48,54)(H2,43,49,55)/b44-22+,45-23+. The Morgan fingerprint density at radius 2 is 0.982 bits per heavy atom. The summed E-state index contributed by atoms with van der Waals surface area (Å²) in [5, 5.41) is 17.6. The maximum absolute atomic E-state index is 6.04. The zero-order valence-electron chi connectivity index (χ0n) is 31.5. The highest BCUT2D eigenvalue weighted by atomic mass is 32.1. The number of methoxy groups -OCH3 is 4.